The minimum absolute atomic E-state index is 0.0438. The predicted molar refractivity (Wildman–Crippen MR) is 82.4 cm³/mol. The Morgan fingerprint density at radius 3 is 2.37 bits per heavy atom. The average Bonchev–Trinajstić information content (AvgIpc) is 2.44. The first-order valence-electron chi connectivity index (χ1n) is 6.74. The van der Waals surface area contributed by atoms with E-state index in [1.54, 1.807) is 11.8 Å². The summed E-state index contributed by atoms with van der Waals surface area (Å²) in [5.74, 6) is 0.481. The van der Waals surface area contributed by atoms with Gasteiger partial charge in [0, 0.05) is 17.0 Å². The number of rotatable bonds is 7. The summed E-state index contributed by atoms with van der Waals surface area (Å²) in [4.78, 5) is 12.9. The van der Waals surface area contributed by atoms with E-state index in [4.69, 9.17) is 5.73 Å². The number of hydrogen-bond acceptors (Lipinski definition) is 3. The zero-order valence-electron chi connectivity index (χ0n) is 12.0. The molecule has 0 aliphatic carbocycles. The van der Waals surface area contributed by atoms with E-state index in [0.717, 1.165) is 17.7 Å². The van der Waals surface area contributed by atoms with Crippen LogP contribution in [0.4, 0.5) is 0 Å². The van der Waals surface area contributed by atoms with Gasteiger partial charge in [-0.25, -0.2) is 0 Å². The third-order valence-electron chi connectivity index (χ3n) is 3.44. The zero-order valence-corrected chi connectivity index (χ0v) is 12.8. The summed E-state index contributed by atoms with van der Waals surface area (Å²) in [6.07, 6.45) is 1.74. The summed E-state index contributed by atoms with van der Waals surface area (Å²) >= 11 is 1.55. The Morgan fingerprint density at radius 1 is 1.26 bits per heavy atom. The molecule has 0 radical (unpaired) electrons. The summed E-state index contributed by atoms with van der Waals surface area (Å²) in [5, 5.41) is 2.92. The van der Waals surface area contributed by atoms with E-state index in [2.05, 4.69) is 38.2 Å². The Bertz CT molecular complexity index is 399. The Balaban J connectivity index is 2.34. The molecule has 0 spiro atoms. The standard InChI is InChI=1S/C15H24N2OS/c1-4-15(16,5-2)11-17-14(18)10-19-13-8-6-12(3)7-9-13/h6-9H,4-5,10-11,16H2,1-3H3,(H,17,18). The third kappa shape index (κ3) is 5.66. The fourth-order valence-electron chi connectivity index (χ4n) is 1.61. The molecule has 0 aromatic heterocycles. The van der Waals surface area contributed by atoms with Gasteiger partial charge in [0.05, 0.1) is 5.75 Å². The number of carbonyl (C=O) groups is 1. The summed E-state index contributed by atoms with van der Waals surface area (Å²) in [6, 6.07) is 8.19. The van der Waals surface area contributed by atoms with Crippen LogP contribution in [0.1, 0.15) is 32.3 Å². The van der Waals surface area contributed by atoms with Crippen molar-refractivity contribution in [3.8, 4) is 0 Å². The van der Waals surface area contributed by atoms with Gasteiger partial charge >= 0.3 is 0 Å². The molecule has 0 unspecified atom stereocenters. The average molecular weight is 280 g/mol. The maximum atomic E-state index is 11.8. The van der Waals surface area contributed by atoms with E-state index >= 15 is 0 Å². The first-order valence-corrected chi connectivity index (χ1v) is 7.72. The van der Waals surface area contributed by atoms with Gasteiger partial charge < -0.3 is 11.1 Å². The molecule has 0 fully saturated rings. The van der Waals surface area contributed by atoms with Gasteiger partial charge in [0.15, 0.2) is 0 Å². The maximum Gasteiger partial charge on any atom is 0.230 e. The predicted octanol–water partition coefficient (Wildman–Crippen LogP) is 2.72. The molecule has 0 atom stereocenters. The fourth-order valence-corrected chi connectivity index (χ4v) is 2.34. The lowest BCUT2D eigenvalue weighted by molar-refractivity contribution is -0.118. The van der Waals surface area contributed by atoms with Gasteiger partial charge in [0.25, 0.3) is 0 Å². The molecule has 106 valence electrons. The van der Waals surface area contributed by atoms with Crippen LogP contribution >= 0.6 is 11.8 Å². The van der Waals surface area contributed by atoms with Crippen molar-refractivity contribution in [1.29, 1.82) is 0 Å². The van der Waals surface area contributed by atoms with Crippen LogP contribution in [0.15, 0.2) is 29.2 Å². The van der Waals surface area contributed by atoms with Crippen molar-refractivity contribution < 1.29 is 4.79 Å². The molecule has 1 aromatic rings. The number of thioether (sulfide) groups is 1. The lowest BCUT2D eigenvalue weighted by Gasteiger charge is -2.26. The molecule has 0 heterocycles. The number of carbonyl (C=O) groups excluding carboxylic acids is 1. The quantitative estimate of drug-likeness (QED) is 0.755. The highest BCUT2D eigenvalue weighted by Crippen LogP contribution is 2.18. The molecule has 0 bridgehead atoms. The van der Waals surface area contributed by atoms with Crippen LogP contribution in [-0.4, -0.2) is 23.7 Å². The van der Waals surface area contributed by atoms with Crippen LogP contribution in [0.3, 0.4) is 0 Å². The topological polar surface area (TPSA) is 55.1 Å². The summed E-state index contributed by atoms with van der Waals surface area (Å²) in [7, 11) is 0. The number of amides is 1. The van der Waals surface area contributed by atoms with Crippen molar-refractivity contribution in [2.75, 3.05) is 12.3 Å². The largest absolute Gasteiger partial charge is 0.354 e. The van der Waals surface area contributed by atoms with E-state index in [-0.39, 0.29) is 11.4 Å². The molecule has 1 amide bonds. The lowest BCUT2D eigenvalue weighted by atomic mass is 9.94. The van der Waals surface area contributed by atoms with E-state index in [1.807, 2.05) is 12.1 Å². The summed E-state index contributed by atoms with van der Waals surface area (Å²) in [5.41, 5.74) is 7.10. The zero-order chi connectivity index (χ0) is 14.3. The Hall–Kier alpha value is -1.00. The van der Waals surface area contributed by atoms with E-state index in [1.165, 1.54) is 5.56 Å². The van der Waals surface area contributed by atoms with Crippen molar-refractivity contribution in [3.05, 3.63) is 29.8 Å². The molecule has 0 saturated heterocycles. The first-order chi connectivity index (χ1) is 8.99. The molecule has 1 rings (SSSR count). The van der Waals surface area contributed by atoms with E-state index in [0.29, 0.717) is 12.3 Å². The maximum absolute atomic E-state index is 11.8. The molecule has 4 heteroatoms. The number of nitrogens with two attached hydrogens (primary N) is 1. The Labute approximate surface area is 120 Å². The van der Waals surface area contributed by atoms with Crippen molar-refractivity contribution in [1.82, 2.24) is 5.32 Å². The highest BCUT2D eigenvalue weighted by atomic mass is 32.2. The second-order valence-electron chi connectivity index (χ2n) is 4.95. The number of benzene rings is 1. The number of hydrogen-bond donors (Lipinski definition) is 2. The summed E-state index contributed by atoms with van der Waals surface area (Å²) in [6.45, 7) is 6.71. The normalized spacial score (nSPS) is 11.4. The molecule has 19 heavy (non-hydrogen) atoms. The van der Waals surface area contributed by atoms with E-state index in [9.17, 15) is 4.79 Å². The van der Waals surface area contributed by atoms with Crippen molar-refractivity contribution in [2.24, 2.45) is 5.73 Å². The Kier molecular flexibility index (Phi) is 6.38. The highest BCUT2D eigenvalue weighted by molar-refractivity contribution is 8.00. The minimum atomic E-state index is -0.274. The van der Waals surface area contributed by atoms with Gasteiger partial charge in [-0.05, 0) is 31.9 Å². The summed E-state index contributed by atoms with van der Waals surface area (Å²) < 4.78 is 0. The van der Waals surface area contributed by atoms with Gasteiger partial charge in [-0.2, -0.15) is 0 Å². The van der Waals surface area contributed by atoms with Gasteiger partial charge in [-0.1, -0.05) is 31.5 Å². The lowest BCUT2D eigenvalue weighted by Crippen LogP contribution is -2.49. The highest BCUT2D eigenvalue weighted by Gasteiger charge is 2.20. The number of nitrogens with one attached hydrogen (secondary N) is 1. The van der Waals surface area contributed by atoms with Crippen molar-refractivity contribution in [3.63, 3.8) is 0 Å². The SMILES string of the molecule is CCC(N)(CC)CNC(=O)CSc1ccc(C)cc1. The Morgan fingerprint density at radius 2 is 1.84 bits per heavy atom. The minimum Gasteiger partial charge on any atom is -0.354 e. The molecule has 0 aliphatic heterocycles. The van der Waals surface area contributed by atoms with Gasteiger partial charge in [-0.3, -0.25) is 4.79 Å². The number of aryl methyl sites for hydroxylation is 1. The second-order valence-corrected chi connectivity index (χ2v) is 6.00. The molecular formula is C15H24N2OS. The smallest absolute Gasteiger partial charge is 0.230 e. The van der Waals surface area contributed by atoms with Crippen molar-refractivity contribution in [2.45, 2.75) is 44.0 Å². The second kappa shape index (κ2) is 7.56. The van der Waals surface area contributed by atoms with Crippen LogP contribution < -0.4 is 11.1 Å². The fraction of sp³-hybridized carbons (Fsp3) is 0.533. The van der Waals surface area contributed by atoms with Gasteiger partial charge in [0.1, 0.15) is 0 Å². The van der Waals surface area contributed by atoms with Gasteiger partial charge in [0.2, 0.25) is 5.91 Å². The van der Waals surface area contributed by atoms with Crippen LogP contribution in [0, 0.1) is 6.92 Å². The molecule has 1 aromatic carbocycles. The van der Waals surface area contributed by atoms with Crippen LogP contribution in [0.2, 0.25) is 0 Å². The first kappa shape index (κ1) is 16.1. The molecule has 0 aliphatic rings. The van der Waals surface area contributed by atoms with E-state index < -0.39 is 0 Å². The van der Waals surface area contributed by atoms with Crippen molar-refractivity contribution >= 4 is 17.7 Å². The van der Waals surface area contributed by atoms with Crippen LogP contribution in [-0.2, 0) is 4.79 Å². The molecule has 3 N–H and O–H groups in total. The van der Waals surface area contributed by atoms with Crippen LogP contribution in [0.5, 0.6) is 0 Å². The van der Waals surface area contributed by atoms with Gasteiger partial charge in [-0.15, -0.1) is 11.8 Å². The molecule has 3 nitrogen and oxygen atoms in total. The monoisotopic (exact) mass is 280 g/mol. The molecule has 0 saturated carbocycles. The molecular weight excluding hydrogens is 256 g/mol. The third-order valence-corrected chi connectivity index (χ3v) is 4.45. The van der Waals surface area contributed by atoms with Crippen LogP contribution in [0.25, 0.3) is 0 Å².